The zero-order valence-electron chi connectivity index (χ0n) is 18.0. The Bertz CT molecular complexity index is 1030. The summed E-state index contributed by atoms with van der Waals surface area (Å²) in [5.74, 6) is 0.251. The average Bonchev–Trinajstić information content (AvgIpc) is 2.85. The molecule has 2 N–H and O–H groups in total. The number of hydrazine groups is 1. The van der Waals surface area contributed by atoms with Gasteiger partial charge in [0.05, 0.1) is 13.7 Å². The number of thioether (sulfide) groups is 1. The summed E-state index contributed by atoms with van der Waals surface area (Å²) in [6.45, 7) is 2.56. The predicted octanol–water partition coefficient (Wildman–Crippen LogP) is 4.78. The number of rotatable bonds is 9. The molecule has 0 aliphatic carbocycles. The van der Waals surface area contributed by atoms with E-state index < -0.39 is 11.2 Å². The first kappa shape index (κ1) is 23.2. The fourth-order valence-corrected chi connectivity index (χ4v) is 3.98. The van der Waals surface area contributed by atoms with E-state index in [1.54, 1.807) is 18.2 Å². The predicted molar refractivity (Wildman–Crippen MR) is 126 cm³/mol. The van der Waals surface area contributed by atoms with Crippen molar-refractivity contribution in [2.45, 2.75) is 23.5 Å². The molecule has 3 aromatic carbocycles. The molecule has 0 saturated heterocycles. The molecular weight excluding hydrogens is 424 g/mol. The molecule has 166 valence electrons. The van der Waals surface area contributed by atoms with Crippen molar-refractivity contribution in [2.75, 3.05) is 13.7 Å². The summed E-state index contributed by atoms with van der Waals surface area (Å²) in [5, 5.41) is -0.529. The van der Waals surface area contributed by atoms with Gasteiger partial charge < -0.3 is 9.47 Å². The van der Waals surface area contributed by atoms with Crippen LogP contribution in [0.5, 0.6) is 11.5 Å². The van der Waals surface area contributed by atoms with Crippen molar-refractivity contribution in [2.24, 2.45) is 0 Å². The Hall–Kier alpha value is -3.45. The Labute approximate surface area is 192 Å². The highest BCUT2D eigenvalue weighted by Gasteiger charge is 2.23. The second-order valence-electron chi connectivity index (χ2n) is 6.88. The Morgan fingerprint density at radius 2 is 1.59 bits per heavy atom. The van der Waals surface area contributed by atoms with Crippen LogP contribution in [0.4, 0.5) is 0 Å². The van der Waals surface area contributed by atoms with Gasteiger partial charge >= 0.3 is 0 Å². The Kier molecular flexibility index (Phi) is 8.57. The molecule has 0 spiro atoms. The minimum absolute atomic E-state index is 0.326. The van der Waals surface area contributed by atoms with Gasteiger partial charge in [-0.2, -0.15) is 0 Å². The Morgan fingerprint density at radius 1 is 0.906 bits per heavy atom. The zero-order chi connectivity index (χ0) is 22.8. The van der Waals surface area contributed by atoms with Crippen LogP contribution in [0.3, 0.4) is 0 Å². The van der Waals surface area contributed by atoms with E-state index in [0.29, 0.717) is 23.7 Å². The SMILES string of the molecule is CCCOc1ccc(C(=O)NNC(=O)C(Sc2ccccc2)c2ccccc2)cc1OC. The van der Waals surface area contributed by atoms with Gasteiger partial charge in [-0.05, 0) is 42.3 Å². The zero-order valence-corrected chi connectivity index (χ0v) is 18.9. The third-order valence-corrected chi connectivity index (χ3v) is 5.79. The molecule has 0 aromatic heterocycles. The number of benzene rings is 3. The van der Waals surface area contributed by atoms with Gasteiger partial charge in [0.2, 0.25) is 0 Å². The average molecular weight is 451 g/mol. The van der Waals surface area contributed by atoms with E-state index in [1.165, 1.54) is 18.9 Å². The molecule has 3 rings (SSSR count). The van der Waals surface area contributed by atoms with E-state index in [2.05, 4.69) is 10.9 Å². The molecule has 3 aromatic rings. The summed E-state index contributed by atoms with van der Waals surface area (Å²) in [6.07, 6.45) is 0.862. The molecule has 7 heteroatoms. The maximum absolute atomic E-state index is 13.0. The molecule has 0 saturated carbocycles. The van der Waals surface area contributed by atoms with Crippen molar-refractivity contribution < 1.29 is 19.1 Å². The largest absolute Gasteiger partial charge is 0.493 e. The maximum Gasteiger partial charge on any atom is 0.269 e. The Balaban J connectivity index is 1.69. The third kappa shape index (κ3) is 6.28. The quantitative estimate of drug-likeness (QED) is 0.362. The minimum atomic E-state index is -0.529. The minimum Gasteiger partial charge on any atom is -0.493 e. The molecule has 0 heterocycles. The van der Waals surface area contributed by atoms with Crippen molar-refractivity contribution in [3.63, 3.8) is 0 Å². The summed E-state index contributed by atoms with van der Waals surface area (Å²) < 4.78 is 10.9. The normalized spacial score (nSPS) is 11.3. The number of hydrogen-bond donors (Lipinski definition) is 2. The second-order valence-corrected chi connectivity index (χ2v) is 8.06. The van der Waals surface area contributed by atoms with Gasteiger partial charge in [0, 0.05) is 10.5 Å². The molecule has 0 radical (unpaired) electrons. The van der Waals surface area contributed by atoms with E-state index >= 15 is 0 Å². The summed E-state index contributed by atoms with van der Waals surface area (Å²) >= 11 is 1.41. The number of methoxy groups -OCH3 is 1. The van der Waals surface area contributed by atoms with Gasteiger partial charge in [-0.1, -0.05) is 55.5 Å². The van der Waals surface area contributed by atoms with Crippen molar-refractivity contribution in [1.82, 2.24) is 10.9 Å². The van der Waals surface area contributed by atoms with Crippen LogP contribution < -0.4 is 20.3 Å². The highest BCUT2D eigenvalue weighted by atomic mass is 32.2. The van der Waals surface area contributed by atoms with Crippen LogP contribution in [-0.2, 0) is 4.79 Å². The molecule has 0 bridgehead atoms. The second kappa shape index (κ2) is 11.8. The lowest BCUT2D eigenvalue weighted by Gasteiger charge is -2.18. The molecule has 1 atom stereocenters. The Morgan fingerprint density at radius 3 is 2.25 bits per heavy atom. The van der Waals surface area contributed by atoms with Crippen LogP contribution in [0.2, 0.25) is 0 Å². The van der Waals surface area contributed by atoms with Crippen molar-refractivity contribution in [3.05, 3.63) is 90.0 Å². The molecule has 32 heavy (non-hydrogen) atoms. The number of nitrogens with one attached hydrogen (secondary N) is 2. The monoisotopic (exact) mass is 450 g/mol. The molecule has 2 amide bonds. The highest BCUT2D eigenvalue weighted by molar-refractivity contribution is 8.00. The standard InChI is InChI=1S/C25H26N2O4S/c1-3-16-31-21-15-14-19(17-22(21)30-2)24(28)26-27-25(29)23(18-10-6-4-7-11-18)32-20-12-8-5-9-13-20/h4-15,17,23H,3,16H2,1-2H3,(H,26,28)(H,27,29). The van der Waals surface area contributed by atoms with Gasteiger partial charge in [-0.3, -0.25) is 20.4 Å². The topological polar surface area (TPSA) is 76.7 Å². The van der Waals surface area contributed by atoms with Crippen molar-refractivity contribution in [1.29, 1.82) is 0 Å². The fraction of sp³-hybridized carbons (Fsp3) is 0.200. The summed E-state index contributed by atoms with van der Waals surface area (Å²) in [5.41, 5.74) is 6.24. The number of amides is 2. The third-order valence-electron chi connectivity index (χ3n) is 4.52. The fourth-order valence-electron chi connectivity index (χ4n) is 2.93. The van der Waals surface area contributed by atoms with Gasteiger partial charge in [-0.15, -0.1) is 11.8 Å². The number of hydrogen-bond acceptors (Lipinski definition) is 5. The van der Waals surface area contributed by atoms with Crippen LogP contribution in [0.1, 0.15) is 34.5 Å². The molecule has 0 aliphatic rings. The summed E-state index contributed by atoms with van der Waals surface area (Å²) in [7, 11) is 1.52. The first-order valence-corrected chi connectivity index (χ1v) is 11.2. The summed E-state index contributed by atoms with van der Waals surface area (Å²) in [4.78, 5) is 26.6. The van der Waals surface area contributed by atoms with E-state index in [0.717, 1.165) is 16.9 Å². The van der Waals surface area contributed by atoms with E-state index in [4.69, 9.17) is 9.47 Å². The van der Waals surface area contributed by atoms with Gasteiger partial charge in [-0.25, -0.2) is 0 Å². The van der Waals surface area contributed by atoms with Crippen LogP contribution in [0.25, 0.3) is 0 Å². The molecule has 1 unspecified atom stereocenters. The van der Waals surface area contributed by atoms with E-state index in [-0.39, 0.29) is 5.91 Å². The van der Waals surface area contributed by atoms with Crippen LogP contribution in [-0.4, -0.2) is 25.5 Å². The lowest BCUT2D eigenvalue weighted by atomic mass is 10.1. The van der Waals surface area contributed by atoms with Crippen molar-refractivity contribution >= 4 is 23.6 Å². The molecule has 0 aliphatic heterocycles. The first-order chi connectivity index (χ1) is 15.6. The van der Waals surface area contributed by atoms with Crippen LogP contribution in [0, 0.1) is 0 Å². The number of carbonyl (C=O) groups is 2. The lowest BCUT2D eigenvalue weighted by Crippen LogP contribution is -2.43. The smallest absolute Gasteiger partial charge is 0.269 e. The van der Waals surface area contributed by atoms with Crippen LogP contribution >= 0.6 is 11.8 Å². The molecular formula is C25H26N2O4S. The van der Waals surface area contributed by atoms with Crippen LogP contribution in [0.15, 0.2) is 83.8 Å². The molecule has 6 nitrogen and oxygen atoms in total. The van der Waals surface area contributed by atoms with Crippen molar-refractivity contribution in [3.8, 4) is 11.5 Å². The lowest BCUT2D eigenvalue weighted by molar-refractivity contribution is -0.121. The maximum atomic E-state index is 13.0. The summed E-state index contributed by atoms with van der Waals surface area (Å²) in [6, 6.07) is 24.0. The molecule has 0 fully saturated rings. The van der Waals surface area contributed by atoms with E-state index in [1.807, 2.05) is 67.6 Å². The number of carbonyl (C=O) groups excluding carboxylic acids is 2. The van der Waals surface area contributed by atoms with E-state index in [9.17, 15) is 9.59 Å². The van der Waals surface area contributed by atoms with Gasteiger partial charge in [0.25, 0.3) is 11.8 Å². The van der Waals surface area contributed by atoms with Gasteiger partial charge in [0.15, 0.2) is 11.5 Å². The first-order valence-electron chi connectivity index (χ1n) is 10.3. The van der Waals surface area contributed by atoms with Gasteiger partial charge in [0.1, 0.15) is 5.25 Å². The highest BCUT2D eigenvalue weighted by Crippen LogP contribution is 2.35. The number of ether oxygens (including phenoxy) is 2.